The summed E-state index contributed by atoms with van der Waals surface area (Å²) >= 11 is 11.2. The zero-order valence-electron chi connectivity index (χ0n) is 24.3. The Kier molecular flexibility index (Phi) is 9.84. The smallest absolute Gasteiger partial charge is 0.434 e. The van der Waals surface area contributed by atoms with Gasteiger partial charge < -0.3 is 9.47 Å². The molecule has 0 saturated heterocycles. The first kappa shape index (κ1) is 33.7. The number of esters is 1. The third-order valence-electron chi connectivity index (χ3n) is 7.36. The van der Waals surface area contributed by atoms with Crippen molar-refractivity contribution >= 4 is 90.9 Å². The predicted octanol–water partition coefficient (Wildman–Crippen LogP) is 7.94. The molecule has 13 heteroatoms. The highest BCUT2D eigenvalue weighted by molar-refractivity contribution is 14.1. The Balaban J connectivity index is 1.52. The first-order chi connectivity index (χ1) is 22.5. The molecule has 1 aliphatic rings. The van der Waals surface area contributed by atoms with E-state index in [1.165, 1.54) is 31.2 Å². The first-order valence-corrected chi connectivity index (χ1v) is 17.5. The van der Waals surface area contributed by atoms with Crippen LogP contribution in [-0.2, 0) is 16.1 Å². The summed E-state index contributed by atoms with van der Waals surface area (Å²) in [5.41, 5.74) is -1.03. The lowest BCUT2D eigenvalue weighted by atomic mass is 9.95. The van der Waals surface area contributed by atoms with Crippen LogP contribution in [0.1, 0.15) is 29.7 Å². The highest BCUT2D eigenvalue weighted by Crippen LogP contribution is 2.38. The Hall–Kier alpha value is -3.21. The number of fused-ring (bicyclic) bond motifs is 2. The summed E-state index contributed by atoms with van der Waals surface area (Å²) in [4.78, 5) is 30.9. The molecular formula is C34H22ClF3I2N2O4S. The van der Waals surface area contributed by atoms with Gasteiger partial charge in [-0.25, -0.2) is 9.79 Å². The molecule has 0 saturated carbocycles. The van der Waals surface area contributed by atoms with Crippen LogP contribution in [0.4, 0.5) is 13.2 Å². The molecule has 0 N–H and O–H groups in total. The summed E-state index contributed by atoms with van der Waals surface area (Å²) in [6, 6.07) is 22.1. The second-order valence-electron chi connectivity index (χ2n) is 10.3. The van der Waals surface area contributed by atoms with Gasteiger partial charge in [0.15, 0.2) is 10.5 Å². The molecule has 0 aliphatic carbocycles. The molecule has 0 fully saturated rings. The molecule has 6 nitrogen and oxygen atoms in total. The van der Waals surface area contributed by atoms with E-state index in [0.717, 1.165) is 39.4 Å². The molecule has 1 atom stereocenters. The third kappa shape index (κ3) is 6.87. The second kappa shape index (κ2) is 13.7. The molecule has 240 valence electrons. The van der Waals surface area contributed by atoms with Crippen LogP contribution in [0, 0.1) is 7.14 Å². The lowest BCUT2D eigenvalue weighted by Gasteiger charge is -2.26. The molecule has 1 aromatic heterocycles. The minimum Gasteiger partial charge on any atom is -0.487 e. The molecule has 0 amide bonds. The van der Waals surface area contributed by atoms with Crippen LogP contribution in [0.25, 0.3) is 16.8 Å². The average molecular weight is 901 g/mol. The minimum atomic E-state index is -5.00. The summed E-state index contributed by atoms with van der Waals surface area (Å²) < 4.78 is 57.7. The summed E-state index contributed by atoms with van der Waals surface area (Å²) in [5.74, 6) is -0.698. The summed E-state index contributed by atoms with van der Waals surface area (Å²) in [6.45, 7) is 1.56. The second-order valence-corrected chi connectivity index (χ2v) is 14.2. The molecule has 2 heterocycles. The Bertz CT molecular complexity index is 2240. The number of hydrogen-bond donors (Lipinski definition) is 0. The number of halogens is 6. The minimum absolute atomic E-state index is 0.113. The molecule has 1 aliphatic heterocycles. The number of alkyl halides is 3. The average Bonchev–Trinajstić information content (AvgIpc) is 3.34. The Morgan fingerprint density at radius 2 is 1.79 bits per heavy atom. The highest BCUT2D eigenvalue weighted by Gasteiger charge is 2.45. The van der Waals surface area contributed by atoms with Gasteiger partial charge in [0.1, 0.15) is 12.4 Å². The molecule has 0 unspecified atom stereocenters. The predicted molar refractivity (Wildman–Crippen MR) is 192 cm³/mol. The molecule has 6 rings (SSSR count). The van der Waals surface area contributed by atoms with E-state index in [4.69, 9.17) is 21.1 Å². The van der Waals surface area contributed by atoms with Crippen LogP contribution in [0.2, 0.25) is 5.02 Å². The van der Waals surface area contributed by atoms with Crippen LogP contribution in [0.3, 0.4) is 0 Å². The number of rotatable bonds is 7. The number of aromatic nitrogens is 1. The van der Waals surface area contributed by atoms with Gasteiger partial charge in [-0.2, -0.15) is 13.2 Å². The van der Waals surface area contributed by atoms with Crippen molar-refractivity contribution < 1.29 is 27.4 Å². The number of benzene rings is 4. The van der Waals surface area contributed by atoms with Gasteiger partial charge in [-0.1, -0.05) is 77.5 Å². The van der Waals surface area contributed by atoms with Crippen molar-refractivity contribution in [2.24, 2.45) is 4.99 Å². The van der Waals surface area contributed by atoms with Gasteiger partial charge in [0, 0.05) is 14.2 Å². The summed E-state index contributed by atoms with van der Waals surface area (Å²) in [5, 5.41) is 2.46. The molecule has 5 aromatic rings. The van der Waals surface area contributed by atoms with Crippen LogP contribution in [-0.4, -0.2) is 23.3 Å². The van der Waals surface area contributed by atoms with Crippen LogP contribution in [0.5, 0.6) is 5.75 Å². The molecule has 0 bridgehead atoms. The maximum Gasteiger partial charge on any atom is 0.434 e. The number of nitrogens with zero attached hydrogens (tertiary/aromatic N) is 2. The zero-order chi connectivity index (χ0) is 33.5. The summed E-state index contributed by atoms with van der Waals surface area (Å²) in [7, 11) is 0. The number of ether oxygens (including phenoxy) is 2. The van der Waals surface area contributed by atoms with E-state index < -0.39 is 35.0 Å². The lowest BCUT2D eigenvalue weighted by molar-refractivity contribution is -0.140. The Morgan fingerprint density at radius 1 is 1.06 bits per heavy atom. The normalized spacial score (nSPS) is 15.0. The first-order valence-electron chi connectivity index (χ1n) is 14.1. The fourth-order valence-electron chi connectivity index (χ4n) is 5.35. The van der Waals surface area contributed by atoms with Crippen LogP contribution in [0.15, 0.2) is 99.9 Å². The third-order valence-corrected chi connectivity index (χ3v) is 10.0. The quantitative estimate of drug-likeness (QED) is 0.123. The number of carbonyl (C=O) groups is 1. The van der Waals surface area contributed by atoms with E-state index in [9.17, 15) is 22.8 Å². The van der Waals surface area contributed by atoms with Gasteiger partial charge in [0.2, 0.25) is 0 Å². The van der Waals surface area contributed by atoms with Crippen molar-refractivity contribution in [3.05, 3.63) is 139 Å². The maximum atomic E-state index is 14.5. The Morgan fingerprint density at radius 3 is 2.51 bits per heavy atom. The van der Waals surface area contributed by atoms with Crippen molar-refractivity contribution in [2.75, 3.05) is 6.61 Å². The van der Waals surface area contributed by atoms with E-state index >= 15 is 0 Å². The van der Waals surface area contributed by atoms with Crippen LogP contribution < -0.4 is 19.6 Å². The lowest BCUT2D eigenvalue weighted by Crippen LogP contribution is -2.41. The highest BCUT2D eigenvalue weighted by atomic mass is 127. The molecule has 4 aromatic carbocycles. The number of hydrogen-bond acceptors (Lipinski definition) is 6. The van der Waals surface area contributed by atoms with Gasteiger partial charge in [-0.3, -0.25) is 9.36 Å². The van der Waals surface area contributed by atoms with E-state index in [1.54, 1.807) is 6.08 Å². The van der Waals surface area contributed by atoms with Crippen LogP contribution >= 0.6 is 68.1 Å². The Labute approximate surface area is 302 Å². The molecular weight excluding hydrogens is 879 g/mol. The fraction of sp³-hybridized carbons (Fsp3) is 0.147. The van der Waals surface area contributed by atoms with Gasteiger partial charge in [0.05, 0.1) is 26.3 Å². The fourth-order valence-corrected chi connectivity index (χ4v) is 8.51. The standard InChI is InChI=1S/C34H22ClF3I2N2O4S/c1-2-45-32(44)27-28(19-10-12-22(35)13-11-19)42-31(43)26(47-33(42)41-30(27)34(36,37)38)15-21-14-23(39)16-25(40)29(21)46-17-20-8-5-7-18-6-3-4-9-24(18)20/h3-16,28H,2,17H2,1H3/b26-15-/t28-/m1/s1. The zero-order valence-corrected chi connectivity index (χ0v) is 30.2. The molecule has 0 radical (unpaired) electrons. The van der Waals surface area contributed by atoms with E-state index in [0.29, 0.717) is 16.3 Å². The van der Waals surface area contributed by atoms with E-state index in [1.807, 2.05) is 54.6 Å². The number of allylic oxidation sites excluding steroid dienone is 1. The number of thiazole rings is 1. The molecule has 0 spiro atoms. The number of carbonyl (C=O) groups excluding carboxylic acids is 1. The van der Waals surface area contributed by atoms with Crippen molar-refractivity contribution in [3.8, 4) is 5.75 Å². The van der Waals surface area contributed by atoms with Crippen molar-refractivity contribution in [3.63, 3.8) is 0 Å². The van der Waals surface area contributed by atoms with Gasteiger partial charge in [-0.15, -0.1) is 0 Å². The van der Waals surface area contributed by atoms with Crippen molar-refractivity contribution in [1.29, 1.82) is 0 Å². The van der Waals surface area contributed by atoms with Crippen molar-refractivity contribution in [1.82, 2.24) is 4.57 Å². The van der Waals surface area contributed by atoms with Gasteiger partial charge in [-0.05, 0) is 104 Å². The SMILES string of the molecule is CCOC(=O)C1=C(C(F)(F)F)N=c2s/c(=C\c3cc(I)cc(I)c3OCc3cccc4ccccc34)c(=O)n2[C@@H]1c1ccc(Cl)cc1. The molecule has 47 heavy (non-hydrogen) atoms. The topological polar surface area (TPSA) is 69.9 Å². The van der Waals surface area contributed by atoms with Gasteiger partial charge in [0.25, 0.3) is 5.56 Å². The van der Waals surface area contributed by atoms with E-state index in [-0.39, 0.29) is 28.1 Å². The van der Waals surface area contributed by atoms with Crippen molar-refractivity contribution in [2.45, 2.75) is 25.7 Å². The summed E-state index contributed by atoms with van der Waals surface area (Å²) in [6.07, 6.45) is -3.41. The maximum absolute atomic E-state index is 14.5. The van der Waals surface area contributed by atoms with Gasteiger partial charge >= 0.3 is 12.1 Å². The monoisotopic (exact) mass is 900 g/mol. The van der Waals surface area contributed by atoms with E-state index in [2.05, 4.69) is 50.2 Å². The largest absolute Gasteiger partial charge is 0.487 e.